The number of hydrogen-bond acceptors (Lipinski definition) is 5. The van der Waals surface area contributed by atoms with E-state index in [4.69, 9.17) is 4.74 Å². The fourth-order valence-corrected chi connectivity index (χ4v) is 2.67. The number of methoxy groups -OCH3 is 1. The Morgan fingerprint density at radius 2 is 2.32 bits per heavy atom. The zero-order valence-corrected chi connectivity index (χ0v) is 11.2. The van der Waals surface area contributed by atoms with E-state index in [1.165, 1.54) is 11.3 Å². The van der Waals surface area contributed by atoms with Gasteiger partial charge >= 0.3 is 0 Å². The van der Waals surface area contributed by atoms with Gasteiger partial charge in [0.2, 0.25) is 17.7 Å². The average molecular weight is 282 g/mol. The highest BCUT2D eigenvalue weighted by atomic mass is 32.1. The average Bonchev–Trinajstić information content (AvgIpc) is 2.80. The van der Waals surface area contributed by atoms with E-state index >= 15 is 0 Å². The van der Waals surface area contributed by atoms with Crippen molar-refractivity contribution in [2.75, 3.05) is 7.11 Å². The van der Waals surface area contributed by atoms with E-state index in [0.29, 0.717) is 12.2 Å². The molecule has 1 fully saturated rings. The summed E-state index contributed by atoms with van der Waals surface area (Å²) in [5.74, 6) is -0.327. The summed E-state index contributed by atoms with van der Waals surface area (Å²) < 4.78 is 5.12. The third-order valence-corrected chi connectivity index (χ3v) is 3.62. The Hall–Kier alpha value is -1.89. The molecule has 3 amide bonds. The molecule has 0 saturated carbocycles. The highest BCUT2D eigenvalue weighted by molar-refractivity contribution is 7.08. The van der Waals surface area contributed by atoms with E-state index in [9.17, 15) is 14.4 Å². The lowest BCUT2D eigenvalue weighted by Crippen LogP contribution is -2.52. The standard InChI is InChI=1S/C12H14N2O4S/c1-18-9-6-19-5-7(9)4-11(16)13-8-2-3-10(15)14-12(8)17/h5-6,8H,2-4H2,1H3,(H,13,16)(H,14,15,17). The minimum atomic E-state index is -0.630. The van der Waals surface area contributed by atoms with Crippen LogP contribution in [0.15, 0.2) is 10.8 Å². The molecule has 0 aliphatic carbocycles. The molecular formula is C12H14N2O4S. The molecule has 7 heteroatoms. The topological polar surface area (TPSA) is 84.5 Å². The lowest BCUT2D eigenvalue weighted by atomic mass is 10.1. The lowest BCUT2D eigenvalue weighted by Gasteiger charge is -2.21. The smallest absolute Gasteiger partial charge is 0.249 e. The minimum Gasteiger partial charge on any atom is -0.496 e. The van der Waals surface area contributed by atoms with Crippen LogP contribution in [-0.4, -0.2) is 30.9 Å². The molecule has 1 aliphatic rings. The molecule has 1 aromatic rings. The molecule has 1 aliphatic heterocycles. The van der Waals surface area contributed by atoms with Gasteiger partial charge in [-0.15, -0.1) is 11.3 Å². The quantitative estimate of drug-likeness (QED) is 0.774. The molecule has 1 unspecified atom stereocenters. The predicted octanol–water partition coefficient (Wildman–Crippen LogP) is 0.221. The van der Waals surface area contributed by atoms with Crippen LogP contribution in [-0.2, 0) is 20.8 Å². The molecule has 0 spiro atoms. The number of hydrogen-bond donors (Lipinski definition) is 2. The second kappa shape index (κ2) is 5.83. The lowest BCUT2D eigenvalue weighted by molar-refractivity contribution is -0.137. The summed E-state index contributed by atoms with van der Waals surface area (Å²) in [6.45, 7) is 0. The second-order valence-corrected chi connectivity index (χ2v) is 4.96. The van der Waals surface area contributed by atoms with Crippen molar-refractivity contribution >= 4 is 29.1 Å². The van der Waals surface area contributed by atoms with E-state index < -0.39 is 11.9 Å². The summed E-state index contributed by atoms with van der Waals surface area (Å²) in [7, 11) is 1.55. The van der Waals surface area contributed by atoms with Gasteiger partial charge in [-0.3, -0.25) is 19.7 Å². The van der Waals surface area contributed by atoms with Gasteiger partial charge in [0.05, 0.1) is 13.5 Å². The van der Waals surface area contributed by atoms with Crippen molar-refractivity contribution in [3.8, 4) is 5.75 Å². The minimum absolute atomic E-state index is 0.157. The summed E-state index contributed by atoms with van der Waals surface area (Å²) in [4.78, 5) is 34.3. The highest BCUT2D eigenvalue weighted by Gasteiger charge is 2.27. The molecule has 2 heterocycles. The summed E-state index contributed by atoms with van der Waals surface area (Å²) in [6, 6.07) is -0.630. The van der Waals surface area contributed by atoms with Crippen molar-refractivity contribution in [3.63, 3.8) is 0 Å². The molecule has 6 nitrogen and oxygen atoms in total. The number of imide groups is 1. The first-order valence-electron chi connectivity index (χ1n) is 5.82. The van der Waals surface area contributed by atoms with Crippen LogP contribution in [0.2, 0.25) is 0 Å². The van der Waals surface area contributed by atoms with E-state index in [-0.39, 0.29) is 24.7 Å². The van der Waals surface area contributed by atoms with Gasteiger partial charge in [-0.25, -0.2) is 0 Å². The highest BCUT2D eigenvalue weighted by Crippen LogP contribution is 2.23. The Bertz CT molecular complexity index is 512. The summed E-state index contributed by atoms with van der Waals surface area (Å²) in [6.07, 6.45) is 0.750. The van der Waals surface area contributed by atoms with Gasteiger partial charge in [-0.2, -0.15) is 0 Å². The van der Waals surface area contributed by atoms with Crippen LogP contribution in [0.5, 0.6) is 5.75 Å². The van der Waals surface area contributed by atoms with E-state index in [0.717, 1.165) is 5.56 Å². The summed E-state index contributed by atoms with van der Waals surface area (Å²) >= 11 is 1.45. The molecule has 2 rings (SSSR count). The fourth-order valence-electron chi connectivity index (χ4n) is 1.87. The normalized spacial score (nSPS) is 18.9. The SMILES string of the molecule is COc1cscc1CC(=O)NC1CCC(=O)NC1=O. The number of amides is 3. The van der Waals surface area contributed by atoms with E-state index in [1.807, 2.05) is 10.8 Å². The molecule has 1 saturated heterocycles. The van der Waals surface area contributed by atoms with Crippen molar-refractivity contribution in [2.24, 2.45) is 0 Å². The number of nitrogens with one attached hydrogen (secondary N) is 2. The molecule has 0 bridgehead atoms. The molecule has 2 N–H and O–H groups in total. The number of ether oxygens (including phenoxy) is 1. The largest absolute Gasteiger partial charge is 0.496 e. The predicted molar refractivity (Wildman–Crippen MR) is 68.9 cm³/mol. The zero-order chi connectivity index (χ0) is 13.8. The van der Waals surface area contributed by atoms with Crippen LogP contribution in [0.1, 0.15) is 18.4 Å². The van der Waals surface area contributed by atoms with Crippen molar-refractivity contribution in [3.05, 3.63) is 16.3 Å². The van der Waals surface area contributed by atoms with Crippen molar-refractivity contribution < 1.29 is 19.1 Å². The Morgan fingerprint density at radius 3 is 3.00 bits per heavy atom. The second-order valence-electron chi connectivity index (χ2n) is 4.21. The van der Waals surface area contributed by atoms with Gasteiger partial charge in [-0.1, -0.05) is 0 Å². The maximum absolute atomic E-state index is 11.8. The first-order chi connectivity index (χ1) is 9.10. The molecule has 0 aromatic carbocycles. The zero-order valence-electron chi connectivity index (χ0n) is 10.4. The van der Waals surface area contributed by atoms with E-state index in [1.54, 1.807) is 7.11 Å². The third kappa shape index (κ3) is 3.31. The maximum Gasteiger partial charge on any atom is 0.249 e. The molecule has 1 atom stereocenters. The van der Waals surface area contributed by atoms with Gasteiger partial charge in [0.1, 0.15) is 11.8 Å². The maximum atomic E-state index is 11.8. The Balaban J connectivity index is 1.91. The Kier molecular flexibility index (Phi) is 4.16. The Labute approximate surface area is 114 Å². The van der Waals surface area contributed by atoms with Crippen molar-refractivity contribution in [2.45, 2.75) is 25.3 Å². The number of thiophene rings is 1. The molecule has 19 heavy (non-hydrogen) atoms. The van der Waals surface area contributed by atoms with Crippen molar-refractivity contribution in [1.29, 1.82) is 0 Å². The van der Waals surface area contributed by atoms with Crippen LogP contribution in [0.25, 0.3) is 0 Å². The number of carbonyl (C=O) groups is 3. The molecule has 1 aromatic heterocycles. The van der Waals surface area contributed by atoms with Crippen LogP contribution in [0, 0.1) is 0 Å². The third-order valence-electron chi connectivity index (χ3n) is 2.85. The van der Waals surface area contributed by atoms with Gasteiger partial charge in [-0.05, 0) is 11.8 Å². The van der Waals surface area contributed by atoms with Crippen molar-refractivity contribution in [1.82, 2.24) is 10.6 Å². The summed E-state index contributed by atoms with van der Waals surface area (Å²) in [5, 5.41) is 8.48. The Morgan fingerprint density at radius 1 is 1.53 bits per heavy atom. The first kappa shape index (κ1) is 13.5. The van der Waals surface area contributed by atoms with Crippen LogP contribution >= 0.6 is 11.3 Å². The van der Waals surface area contributed by atoms with Crippen LogP contribution < -0.4 is 15.4 Å². The van der Waals surface area contributed by atoms with E-state index in [2.05, 4.69) is 10.6 Å². The van der Waals surface area contributed by atoms with Crippen LogP contribution in [0.4, 0.5) is 0 Å². The molecular weight excluding hydrogens is 268 g/mol. The van der Waals surface area contributed by atoms with Crippen LogP contribution in [0.3, 0.4) is 0 Å². The van der Waals surface area contributed by atoms with Gasteiger partial charge in [0, 0.05) is 17.4 Å². The first-order valence-corrected chi connectivity index (χ1v) is 6.76. The monoisotopic (exact) mass is 282 g/mol. The molecule has 102 valence electrons. The fraction of sp³-hybridized carbons (Fsp3) is 0.417. The van der Waals surface area contributed by atoms with Gasteiger partial charge < -0.3 is 10.1 Å². The van der Waals surface area contributed by atoms with Gasteiger partial charge in [0.15, 0.2) is 0 Å². The van der Waals surface area contributed by atoms with Gasteiger partial charge in [0.25, 0.3) is 0 Å². The number of piperidine rings is 1. The summed E-state index contributed by atoms with van der Waals surface area (Å²) in [5.41, 5.74) is 0.789. The number of carbonyl (C=O) groups excluding carboxylic acids is 3. The molecule has 0 radical (unpaired) electrons. The number of rotatable bonds is 4.